The van der Waals surface area contributed by atoms with E-state index >= 15 is 0 Å². The molecule has 146 valence electrons. The zero-order valence-electron chi connectivity index (χ0n) is 15.6. The maximum Gasteiger partial charge on any atom is 0.348 e. The third-order valence-electron chi connectivity index (χ3n) is 4.66. The first-order valence-corrected chi connectivity index (χ1v) is 9.85. The molecule has 0 radical (unpaired) electrons. The Morgan fingerprint density at radius 2 is 1.69 bits per heavy atom. The average Bonchev–Trinajstić information content (AvgIpc) is 3.13. The molecule has 2 aromatic heterocycles. The third kappa shape index (κ3) is 3.46. The van der Waals surface area contributed by atoms with Gasteiger partial charge in [0.15, 0.2) is 4.96 Å². The summed E-state index contributed by atoms with van der Waals surface area (Å²) in [5.41, 5.74) is -0.285. The molecule has 0 aliphatic heterocycles. The molecular formula is C22H18N2O4S. The van der Waals surface area contributed by atoms with Gasteiger partial charge >= 0.3 is 5.97 Å². The molecule has 7 heteroatoms. The normalized spacial score (nSPS) is 11.5. The van der Waals surface area contributed by atoms with Crippen molar-refractivity contribution in [3.8, 4) is 0 Å². The van der Waals surface area contributed by atoms with Crippen molar-refractivity contribution >= 4 is 22.3 Å². The van der Waals surface area contributed by atoms with Crippen LogP contribution in [0.25, 0.3) is 4.96 Å². The van der Waals surface area contributed by atoms with Crippen LogP contribution in [-0.2, 0) is 21.7 Å². The van der Waals surface area contributed by atoms with Gasteiger partial charge in [-0.05, 0) is 18.1 Å². The molecule has 0 aliphatic rings. The van der Waals surface area contributed by atoms with Gasteiger partial charge in [-0.3, -0.25) is 9.20 Å². The SMILES string of the molecule is Cc1csc2nc(COC(=O)C(O)(c3ccccc3)c3ccccc3)cc(=O)n12. The van der Waals surface area contributed by atoms with Crippen molar-refractivity contribution in [1.82, 2.24) is 9.38 Å². The minimum atomic E-state index is -1.97. The van der Waals surface area contributed by atoms with Crippen LogP contribution < -0.4 is 5.56 Å². The van der Waals surface area contributed by atoms with Crippen molar-refractivity contribution in [3.05, 3.63) is 105 Å². The number of benzene rings is 2. The Morgan fingerprint density at radius 1 is 1.10 bits per heavy atom. The highest BCUT2D eigenvalue weighted by atomic mass is 32.1. The Kier molecular flexibility index (Phi) is 5.00. The van der Waals surface area contributed by atoms with Crippen molar-refractivity contribution in [1.29, 1.82) is 0 Å². The van der Waals surface area contributed by atoms with Crippen LogP contribution in [0.3, 0.4) is 0 Å². The molecule has 0 atom stereocenters. The molecule has 0 unspecified atom stereocenters. The summed E-state index contributed by atoms with van der Waals surface area (Å²) in [4.78, 5) is 30.2. The quantitative estimate of drug-likeness (QED) is 0.515. The number of hydrogen-bond donors (Lipinski definition) is 1. The summed E-state index contributed by atoms with van der Waals surface area (Å²) in [5, 5.41) is 13.2. The highest BCUT2D eigenvalue weighted by Gasteiger charge is 2.41. The van der Waals surface area contributed by atoms with E-state index in [9.17, 15) is 14.7 Å². The lowest BCUT2D eigenvalue weighted by Crippen LogP contribution is -2.38. The van der Waals surface area contributed by atoms with Crippen molar-refractivity contribution in [2.45, 2.75) is 19.1 Å². The van der Waals surface area contributed by atoms with Crippen molar-refractivity contribution < 1.29 is 14.6 Å². The molecule has 2 heterocycles. The van der Waals surface area contributed by atoms with E-state index < -0.39 is 11.6 Å². The molecule has 0 fully saturated rings. The van der Waals surface area contributed by atoms with Crippen LogP contribution in [0.5, 0.6) is 0 Å². The van der Waals surface area contributed by atoms with Crippen molar-refractivity contribution in [3.63, 3.8) is 0 Å². The summed E-state index contributed by atoms with van der Waals surface area (Å²) in [7, 11) is 0. The van der Waals surface area contributed by atoms with E-state index in [2.05, 4.69) is 4.98 Å². The minimum absolute atomic E-state index is 0.219. The average molecular weight is 406 g/mol. The second-order valence-electron chi connectivity index (χ2n) is 6.60. The lowest BCUT2D eigenvalue weighted by atomic mass is 9.86. The highest BCUT2D eigenvalue weighted by Crippen LogP contribution is 2.31. The van der Waals surface area contributed by atoms with E-state index in [0.29, 0.717) is 21.8 Å². The molecule has 1 N–H and O–H groups in total. The summed E-state index contributed by atoms with van der Waals surface area (Å²) >= 11 is 1.34. The number of nitrogens with zero attached hydrogens (tertiary/aromatic N) is 2. The van der Waals surface area contributed by atoms with Gasteiger partial charge in [0.05, 0.1) is 5.69 Å². The summed E-state index contributed by atoms with van der Waals surface area (Å²) in [6.07, 6.45) is 0. The number of aryl methyl sites for hydroxylation is 1. The Labute approximate surface area is 170 Å². The van der Waals surface area contributed by atoms with E-state index in [1.807, 2.05) is 12.3 Å². The lowest BCUT2D eigenvalue weighted by Gasteiger charge is -2.27. The fraction of sp³-hybridized carbons (Fsp3) is 0.136. The van der Waals surface area contributed by atoms with Crippen LogP contribution in [0.15, 0.2) is 76.9 Å². The summed E-state index contributed by atoms with van der Waals surface area (Å²) < 4.78 is 6.92. The Morgan fingerprint density at radius 3 is 2.28 bits per heavy atom. The molecule has 4 rings (SSSR count). The lowest BCUT2D eigenvalue weighted by molar-refractivity contribution is -0.163. The highest BCUT2D eigenvalue weighted by molar-refractivity contribution is 7.15. The van der Waals surface area contributed by atoms with Crippen molar-refractivity contribution in [2.24, 2.45) is 0 Å². The summed E-state index contributed by atoms with van der Waals surface area (Å²) in [6.45, 7) is 1.61. The maximum absolute atomic E-state index is 13.0. The third-order valence-corrected chi connectivity index (χ3v) is 5.60. The Balaban J connectivity index is 1.65. The number of fused-ring (bicyclic) bond motifs is 1. The number of aliphatic hydroxyl groups is 1. The Bertz CT molecular complexity index is 1180. The van der Waals surface area contributed by atoms with Crippen molar-refractivity contribution in [2.75, 3.05) is 0 Å². The number of ether oxygens (including phenoxy) is 1. The zero-order valence-corrected chi connectivity index (χ0v) is 16.4. The van der Waals surface area contributed by atoms with Crippen LogP contribution in [0.1, 0.15) is 22.5 Å². The first kappa shape index (κ1) is 19.0. The molecule has 4 aromatic rings. The fourth-order valence-electron chi connectivity index (χ4n) is 3.18. The number of aromatic nitrogens is 2. The van der Waals surface area contributed by atoms with Gasteiger partial charge in [-0.15, -0.1) is 11.3 Å². The van der Waals surface area contributed by atoms with Crippen LogP contribution >= 0.6 is 11.3 Å². The number of carbonyl (C=O) groups excluding carboxylic acids is 1. The first-order chi connectivity index (χ1) is 14.0. The topological polar surface area (TPSA) is 80.9 Å². The van der Waals surface area contributed by atoms with Gasteiger partial charge in [-0.2, -0.15) is 0 Å². The van der Waals surface area contributed by atoms with Gasteiger partial charge in [-0.1, -0.05) is 60.7 Å². The van der Waals surface area contributed by atoms with E-state index in [1.54, 1.807) is 60.7 Å². The van der Waals surface area contributed by atoms with E-state index in [4.69, 9.17) is 4.74 Å². The molecule has 0 aliphatic carbocycles. The van der Waals surface area contributed by atoms with Gasteiger partial charge < -0.3 is 9.84 Å². The second-order valence-corrected chi connectivity index (χ2v) is 7.44. The van der Waals surface area contributed by atoms with E-state index in [-0.39, 0.29) is 12.2 Å². The molecule has 2 aromatic carbocycles. The number of carbonyl (C=O) groups is 1. The van der Waals surface area contributed by atoms with Crippen LogP contribution in [-0.4, -0.2) is 20.5 Å². The largest absolute Gasteiger partial charge is 0.457 e. The molecule has 0 spiro atoms. The zero-order chi connectivity index (χ0) is 20.4. The van der Waals surface area contributed by atoms with Crippen LogP contribution in [0.2, 0.25) is 0 Å². The number of thiazole rings is 1. The Hall–Kier alpha value is -3.29. The standard InChI is InChI=1S/C22H18N2O4S/c1-15-14-29-21-23-18(12-19(25)24(15)21)13-28-20(26)22(27,16-8-4-2-5-9-16)17-10-6-3-7-11-17/h2-12,14,27H,13H2,1H3. The fourth-order valence-corrected chi connectivity index (χ4v) is 4.07. The smallest absolute Gasteiger partial charge is 0.348 e. The second kappa shape index (κ2) is 7.62. The number of hydrogen-bond acceptors (Lipinski definition) is 6. The minimum Gasteiger partial charge on any atom is -0.457 e. The predicted molar refractivity (Wildman–Crippen MR) is 110 cm³/mol. The molecule has 0 amide bonds. The van der Waals surface area contributed by atoms with Gasteiger partial charge in [0, 0.05) is 17.1 Å². The molecule has 0 bridgehead atoms. The molecule has 0 saturated carbocycles. The molecule has 29 heavy (non-hydrogen) atoms. The molecular weight excluding hydrogens is 388 g/mol. The molecule has 6 nitrogen and oxygen atoms in total. The van der Waals surface area contributed by atoms with Gasteiger partial charge in [0.25, 0.3) is 5.56 Å². The van der Waals surface area contributed by atoms with E-state index in [1.165, 1.54) is 21.8 Å². The number of esters is 1. The van der Waals surface area contributed by atoms with Crippen LogP contribution in [0, 0.1) is 6.92 Å². The monoisotopic (exact) mass is 406 g/mol. The van der Waals surface area contributed by atoms with Gasteiger partial charge in [0.2, 0.25) is 5.60 Å². The molecule has 0 saturated heterocycles. The summed E-state index contributed by atoms with van der Waals surface area (Å²) in [5.74, 6) is -0.834. The van der Waals surface area contributed by atoms with E-state index in [0.717, 1.165) is 5.69 Å². The maximum atomic E-state index is 13.0. The first-order valence-electron chi connectivity index (χ1n) is 8.97. The van der Waals surface area contributed by atoms with Gasteiger partial charge in [-0.25, -0.2) is 9.78 Å². The van der Waals surface area contributed by atoms with Gasteiger partial charge in [0.1, 0.15) is 6.61 Å². The predicted octanol–water partition coefficient (Wildman–Crippen LogP) is 3.04. The number of rotatable bonds is 5. The van der Waals surface area contributed by atoms with Crippen LogP contribution in [0.4, 0.5) is 0 Å². The summed E-state index contributed by atoms with van der Waals surface area (Å²) in [6, 6.07) is 18.6.